The Morgan fingerprint density at radius 2 is 1.73 bits per heavy atom. The van der Waals surface area contributed by atoms with E-state index in [1.165, 1.54) is 12.0 Å². The lowest BCUT2D eigenvalue weighted by molar-refractivity contribution is -0.123. The molecule has 41 heavy (non-hydrogen) atoms. The highest BCUT2D eigenvalue weighted by Gasteiger charge is 2.35. The van der Waals surface area contributed by atoms with Crippen molar-refractivity contribution in [1.82, 2.24) is 4.90 Å². The summed E-state index contributed by atoms with van der Waals surface area (Å²) in [7, 11) is 1.49. The minimum Gasteiger partial charge on any atom is -0.493 e. The summed E-state index contributed by atoms with van der Waals surface area (Å²) < 4.78 is 17.1. The molecule has 0 radical (unpaired) electrons. The molecule has 1 N–H and O–H groups in total. The van der Waals surface area contributed by atoms with Crippen LogP contribution in [0.25, 0.3) is 6.08 Å². The summed E-state index contributed by atoms with van der Waals surface area (Å²) in [6.07, 6.45) is 1.64. The number of nitrogens with zero attached hydrogens (tertiary/aromatic N) is 1. The zero-order valence-corrected chi connectivity index (χ0v) is 24.7. The zero-order chi connectivity index (χ0) is 29.5. The van der Waals surface area contributed by atoms with Crippen LogP contribution >= 0.6 is 11.8 Å². The third-order valence-electron chi connectivity index (χ3n) is 6.38. The van der Waals surface area contributed by atoms with Gasteiger partial charge in [0, 0.05) is 5.69 Å². The van der Waals surface area contributed by atoms with Gasteiger partial charge in [0.15, 0.2) is 18.1 Å². The predicted octanol–water partition coefficient (Wildman–Crippen LogP) is 6.57. The molecule has 0 bridgehead atoms. The fraction of sp³-hybridized carbons (Fsp3) is 0.281. The van der Waals surface area contributed by atoms with E-state index < -0.39 is 0 Å². The van der Waals surface area contributed by atoms with Crippen molar-refractivity contribution in [2.24, 2.45) is 0 Å². The molecule has 4 rings (SSSR count). The first kappa shape index (κ1) is 29.7. The van der Waals surface area contributed by atoms with Gasteiger partial charge in [0.05, 0.1) is 18.6 Å². The molecule has 0 spiro atoms. The van der Waals surface area contributed by atoms with Gasteiger partial charge >= 0.3 is 0 Å². The molecule has 0 saturated carbocycles. The van der Waals surface area contributed by atoms with Crippen LogP contribution in [0.1, 0.15) is 42.0 Å². The van der Waals surface area contributed by atoms with Crippen molar-refractivity contribution in [3.05, 3.63) is 87.8 Å². The number of anilines is 1. The third kappa shape index (κ3) is 7.70. The van der Waals surface area contributed by atoms with E-state index in [2.05, 4.69) is 19.2 Å². The van der Waals surface area contributed by atoms with Crippen molar-refractivity contribution in [2.75, 3.05) is 32.2 Å². The number of rotatable bonds is 11. The molecule has 1 aliphatic rings. The SMILES string of the molecule is COc1cc(/C=C2\SC(=O)N(CCOc3cc(C)ccc3C(C)C)C2=O)ccc1OCC(=O)Nc1cccc(C)c1. The number of benzene rings is 3. The van der Waals surface area contributed by atoms with Crippen molar-refractivity contribution < 1.29 is 28.6 Å². The average molecular weight is 575 g/mol. The first-order valence-electron chi connectivity index (χ1n) is 13.3. The minimum absolute atomic E-state index is 0.147. The summed E-state index contributed by atoms with van der Waals surface area (Å²) in [5.74, 6) is 1.16. The first-order valence-corrected chi connectivity index (χ1v) is 14.1. The molecule has 0 atom stereocenters. The lowest BCUT2D eigenvalue weighted by atomic mass is 10.0. The van der Waals surface area contributed by atoms with E-state index in [-0.39, 0.29) is 42.7 Å². The van der Waals surface area contributed by atoms with E-state index in [0.29, 0.717) is 27.7 Å². The van der Waals surface area contributed by atoms with Gasteiger partial charge in [-0.2, -0.15) is 0 Å². The summed E-state index contributed by atoms with van der Waals surface area (Å²) in [6.45, 7) is 8.27. The van der Waals surface area contributed by atoms with Gasteiger partial charge in [0.1, 0.15) is 12.4 Å². The van der Waals surface area contributed by atoms with Crippen LogP contribution < -0.4 is 19.5 Å². The van der Waals surface area contributed by atoms with Crippen molar-refractivity contribution in [3.63, 3.8) is 0 Å². The molecule has 3 amide bonds. The number of carbonyl (C=O) groups is 3. The van der Waals surface area contributed by atoms with Crippen LogP contribution in [-0.2, 0) is 9.59 Å². The second-order valence-corrected chi connectivity index (χ2v) is 11.0. The maximum absolute atomic E-state index is 13.0. The predicted molar refractivity (Wildman–Crippen MR) is 162 cm³/mol. The van der Waals surface area contributed by atoms with E-state index in [0.717, 1.165) is 34.2 Å². The molecule has 1 heterocycles. The summed E-state index contributed by atoms with van der Waals surface area (Å²) in [5.41, 5.74) is 4.54. The number of ether oxygens (including phenoxy) is 3. The average Bonchev–Trinajstić information content (AvgIpc) is 3.19. The van der Waals surface area contributed by atoms with Crippen LogP contribution in [0.4, 0.5) is 10.5 Å². The quantitative estimate of drug-likeness (QED) is 0.259. The van der Waals surface area contributed by atoms with Crippen LogP contribution in [-0.4, -0.2) is 48.8 Å². The van der Waals surface area contributed by atoms with Crippen molar-refractivity contribution in [1.29, 1.82) is 0 Å². The highest BCUT2D eigenvalue weighted by atomic mass is 32.2. The number of carbonyl (C=O) groups excluding carboxylic acids is 3. The van der Waals surface area contributed by atoms with E-state index >= 15 is 0 Å². The van der Waals surface area contributed by atoms with Gasteiger partial charge in [0.2, 0.25) is 0 Å². The number of methoxy groups -OCH3 is 1. The Hall–Kier alpha value is -4.24. The molecule has 0 aromatic heterocycles. The lowest BCUT2D eigenvalue weighted by Crippen LogP contribution is -2.32. The van der Waals surface area contributed by atoms with Crippen LogP contribution in [0.15, 0.2) is 65.6 Å². The van der Waals surface area contributed by atoms with E-state index in [9.17, 15) is 14.4 Å². The minimum atomic E-state index is -0.371. The monoisotopic (exact) mass is 574 g/mol. The van der Waals surface area contributed by atoms with Crippen LogP contribution in [0.2, 0.25) is 0 Å². The van der Waals surface area contributed by atoms with E-state index in [1.54, 1.807) is 24.3 Å². The third-order valence-corrected chi connectivity index (χ3v) is 7.29. The number of amides is 3. The molecule has 0 aliphatic carbocycles. The van der Waals surface area contributed by atoms with Crippen LogP contribution in [0.3, 0.4) is 0 Å². The van der Waals surface area contributed by atoms with Crippen LogP contribution in [0.5, 0.6) is 17.2 Å². The van der Waals surface area contributed by atoms with Crippen molar-refractivity contribution >= 4 is 40.6 Å². The molecule has 1 fully saturated rings. The number of thioether (sulfide) groups is 1. The van der Waals surface area contributed by atoms with Gasteiger partial charge < -0.3 is 19.5 Å². The van der Waals surface area contributed by atoms with Gasteiger partial charge in [-0.15, -0.1) is 0 Å². The van der Waals surface area contributed by atoms with Crippen LogP contribution in [0, 0.1) is 13.8 Å². The molecule has 3 aromatic carbocycles. The fourth-order valence-corrected chi connectivity index (χ4v) is 5.16. The Morgan fingerprint density at radius 1 is 0.951 bits per heavy atom. The Labute approximate surface area is 244 Å². The topological polar surface area (TPSA) is 94.2 Å². The maximum Gasteiger partial charge on any atom is 0.293 e. The van der Waals surface area contributed by atoms with Gasteiger partial charge in [-0.05, 0) is 90.2 Å². The Balaban J connectivity index is 1.36. The number of aryl methyl sites for hydroxylation is 2. The molecule has 1 saturated heterocycles. The largest absolute Gasteiger partial charge is 0.493 e. The molecule has 1 aliphatic heterocycles. The van der Waals surface area contributed by atoms with E-state index in [1.807, 2.05) is 56.3 Å². The molecule has 3 aromatic rings. The highest BCUT2D eigenvalue weighted by Crippen LogP contribution is 2.35. The highest BCUT2D eigenvalue weighted by molar-refractivity contribution is 8.18. The molecule has 9 heteroatoms. The lowest BCUT2D eigenvalue weighted by Gasteiger charge is -2.17. The molecule has 214 valence electrons. The summed E-state index contributed by atoms with van der Waals surface area (Å²) in [4.78, 5) is 39.5. The Kier molecular flexibility index (Phi) is 9.73. The number of hydrogen-bond acceptors (Lipinski definition) is 7. The summed E-state index contributed by atoms with van der Waals surface area (Å²) in [6, 6.07) is 18.6. The smallest absolute Gasteiger partial charge is 0.293 e. The van der Waals surface area contributed by atoms with Gasteiger partial charge in [-0.3, -0.25) is 19.3 Å². The molecular formula is C32H34N2O6S. The normalized spacial score (nSPS) is 14.1. The molecule has 0 unspecified atom stereocenters. The van der Waals surface area contributed by atoms with Gasteiger partial charge in [0.25, 0.3) is 17.1 Å². The standard InChI is InChI=1S/C32H34N2O6S/c1-20(2)25-11-9-22(4)16-27(25)39-14-13-34-31(36)29(41-32(34)37)18-23-10-12-26(28(17-23)38-5)40-19-30(35)33-24-8-6-7-21(3)15-24/h6-12,15-18,20H,13-14,19H2,1-5H3,(H,33,35)/b29-18-. The molecular weight excluding hydrogens is 540 g/mol. The summed E-state index contributed by atoms with van der Waals surface area (Å²) >= 11 is 0.885. The number of hydrogen-bond donors (Lipinski definition) is 1. The fourth-order valence-electron chi connectivity index (χ4n) is 4.29. The molecule has 8 nitrogen and oxygen atoms in total. The van der Waals surface area contributed by atoms with Crippen molar-refractivity contribution in [3.8, 4) is 17.2 Å². The van der Waals surface area contributed by atoms with Crippen molar-refractivity contribution in [2.45, 2.75) is 33.6 Å². The maximum atomic E-state index is 13.0. The van der Waals surface area contributed by atoms with E-state index in [4.69, 9.17) is 14.2 Å². The van der Waals surface area contributed by atoms with Gasteiger partial charge in [-0.25, -0.2) is 0 Å². The van der Waals surface area contributed by atoms with Gasteiger partial charge in [-0.1, -0.05) is 44.2 Å². The zero-order valence-electron chi connectivity index (χ0n) is 23.9. The second kappa shape index (κ2) is 13.4. The number of nitrogens with one attached hydrogen (secondary N) is 1. The first-order chi connectivity index (χ1) is 19.6. The summed E-state index contributed by atoms with van der Waals surface area (Å²) in [5, 5.41) is 2.45. The Morgan fingerprint density at radius 3 is 2.46 bits per heavy atom. The Bertz CT molecular complexity index is 1480. The second-order valence-electron chi connectivity index (χ2n) is 9.99. The number of imide groups is 1.